The Balaban J connectivity index is 1.85. The molecule has 0 amide bonds. The first kappa shape index (κ1) is 17.7. The highest BCUT2D eigenvalue weighted by Gasteiger charge is 2.16. The van der Waals surface area contributed by atoms with Crippen molar-refractivity contribution < 1.29 is 13.9 Å². The zero-order valence-electron chi connectivity index (χ0n) is 14.8. The maximum Gasteiger partial charge on any atom is 0.351 e. The summed E-state index contributed by atoms with van der Waals surface area (Å²) in [4.78, 5) is 30.7. The number of fused-ring (bicyclic) bond motifs is 1. The van der Waals surface area contributed by atoms with Crippen molar-refractivity contribution in [1.82, 2.24) is 4.98 Å². The number of hydrogen-bond acceptors (Lipinski definition) is 6. The smallest absolute Gasteiger partial charge is 0.351 e. The van der Waals surface area contributed by atoms with Gasteiger partial charge in [-0.3, -0.25) is 4.98 Å². The Kier molecular flexibility index (Phi) is 5.31. The van der Waals surface area contributed by atoms with Crippen LogP contribution in [0, 0.1) is 0 Å². The summed E-state index contributed by atoms with van der Waals surface area (Å²) in [6.07, 6.45) is 1.61. The zero-order valence-corrected chi connectivity index (χ0v) is 14.8. The normalized spacial score (nSPS) is 10.7. The molecule has 3 rings (SSSR count). The van der Waals surface area contributed by atoms with Crippen LogP contribution in [0.5, 0.6) is 0 Å². The van der Waals surface area contributed by atoms with E-state index in [1.54, 1.807) is 24.4 Å². The summed E-state index contributed by atoms with van der Waals surface area (Å²) in [6.45, 7) is 5.82. The Bertz CT molecular complexity index is 962. The van der Waals surface area contributed by atoms with Crippen molar-refractivity contribution in [2.45, 2.75) is 20.5 Å². The number of rotatable bonds is 6. The van der Waals surface area contributed by atoms with E-state index in [9.17, 15) is 9.59 Å². The minimum Gasteiger partial charge on any atom is -0.455 e. The van der Waals surface area contributed by atoms with E-state index in [2.05, 4.69) is 23.7 Å². The van der Waals surface area contributed by atoms with Gasteiger partial charge in [-0.1, -0.05) is 6.07 Å². The Hall–Kier alpha value is -3.15. The molecule has 0 fully saturated rings. The van der Waals surface area contributed by atoms with Gasteiger partial charge in [0.2, 0.25) is 0 Å². The van der Waals surface area contributed by atoms with E-state index in [1.165, 1.54) is 6.07 Å². The molecule has 0 aliphatic carbocycles. The molecule has 2 aromatic heterocycles. The van der Waals surface area contributed by atoms with Crippen LogP contribution in [-0.4, -0.2) is 24.0 Å². The van der Waals surface area contributed by atoms with Crippen LogP contribution in [0.1, 0.15) is 29.9 Å². The third-order valence-electron chi connectivity index (χ3n) is 4.15. The Morgan fingerprint density at radius 2 is 1.96 bits per heavy atom. The first-order chi connectivity index (χ1) is 12.6. The molecule has 1 aromatic carbocycles. The maximum atomic E-state index is 12.2. The predicted octanol–water partition coefficient (Wildman–Crippen LogP) is 3.39. The summed E-state index contributed by atoms with van der Waals surface area (Å²) >= 11 is 0. The Labute approximate surface area is 151 Å². The average molecular weight is 352 g/mol. The summed E-state index contributed by atoms with van der Waals surface area (Å²) in [5.41, 5.74) is 1.19. The molecule has 0 unspecified atom stereocenters. The molecule has 0 saturated carbocycles. The fourth-order valence-electron chi connectivity index (χ4n) is 2.73. The first-order valence-electron chi connectivity index (χ1n) is 8.52. The first-order valence-corrected chi connectivity index (χ1v) is 8.52. The van der Waals surface area contributed by atoms with Crippen molar-refractivity contribution in [3.63, 3.8) is 0 Å². The second-order valence-electron chi connectivity index (χ2n) is 5.74. The zero-order chi connectivity index (χ0) is 18.5. The molecule has 26 heavy (non-hydrogen) atoms. The SMILES string of the molecule is CCN(CC)c1ccc2cc(C(=O)OCc3ccccn3)c(=O)oc2c1. The molecule has 0 saturated heterocycles. The number of nitrogens with zero attached hydrogens (tertiary/aromatic N) is 2. The number of pyridine rings is 1. The van der Waals surface area contributed by atoms with Gasteiger partial charge in [0.05, 0.1) is 5.69 Å². The molecule has 6 heteroatoms. The van der Waals surface area contributed by atoms with Crippen molar-refractivity contribution in [2.24, 2.45) is 0 Å². The molecule has 0 aliphatic rings. The average Bonchev–Trinajstić information content (AvgIpc) is 2.67. The van der Waals surface area contributed by atoms with Gasteiger partial charge in [-0.25, -0.2) is 9.59 Å². The molecule has 0 N–H and O–H groups in total. The highest BCUT2D eigenvalue weighted by molar-refractivity contribution is 5.93. The van der Waals surface area contributed by atoms with Crippen molar-refractivity contribution >= 4 is 22.6 Å². The molecule has 0 radical (unpaired) electrons. The molecule has 134 valence electrons. The molecule has 3 aromatic rings. The lowest BCUT2D eigenvalue weighted by Crippen LogP contribution is -2.21. The molecule has 0 spiro atoms. The lowest BCUT2D eigenvalue weighted by molar-refractivity contribution is 0.0463. The number of anilines is 1. The topological polar surface area (TPSA) is 72.6 Å². The molecule has 0 atom stereocenters. The van der Waals surface area contributed by atoms with E-state index < -0.39 is 11.6 Å². The fourth-order valence-corrected chi connectivity index (χ4v) is 2.73. The maximum absolute atomic E-state index is 12.2. The molecule has 6 nitrogen and oxygen atoms in total. The van der Waals surface area contributed by atoms with E-state index in [4.69, 9.17) is 9.15 Å². The monoisotopic (exact) mass is 352 g/mol. The van der Waals surface area contributed by atoms with Crippen molar-refractivity contribution in [3.8, 4) is 0 Å². The number of aromatic nitrogens is 1. The molecular weight excluding hydrogens is 332 g/mol. The highest BCUT2D eigenvalue weighted by atomic mass is 16.5. The van der Waals surface area contributed by atoms with Gasteiger partial charge in [0.25, 0.3) is 0 Å². The standard InChI is InChI=1S/C20H20N2O4/c1-3-22(4-2)16-9-8-14-11-17(20(24)26-18(14)12-16)19(23)25-13-15-7-5-6-10-21-15/h5-12H,3-4,13H2,1-2H3. The molecule has 2 heterocycles. The fraction of sp³-hybridized carbons (Fsp3) is 0.250. The summed E-state index contributed by atoms with van der Waals surface area (Å²) < 4.78 is 10.5. The number of ether oxygens (including phenoxy) is 1. The molecular formula is C20H20N2O4. The Morgan fingerprint density at radius 3 is 2.65 bits per heavy atom. The van der Waals surface area contributed by atoms with Crippen LogP contribution in [0.4, 0.5) is 5.69 Å². The molecule has 0 bridgehead atoms. The third kappa shape index (κ3) is 3.74. The van der Waals surface area contributed by atoms with Crippen molar-refractivity contribution in [3.05, 3.63) is 70.3 Å². The van der Waals surface area contributed by atoms with Crippen LogP contribution in [-0.2, 0) is 11.3 Å². The van der Waals surface area contributed by atoms with E-state index in [0.717, 1.165) is 18.8 Å². The van der Waals surface area contributed by atoms with Gasteiger partial charge < -0.3 is 14.1 Å². The van der Waals surface area contributed by atoms with Gasteiger partial charge in [0, 0.05) is 36.4 Å². The summed E-state index contributed by atoms with van der Waals surface area (Å²) in [6, 6.07) is 12.4. The van der Waals surface area contributed by atoms with E-state index in [0.29, 0.717) is 16.7 Å². The summed E-state index contributed by atoms with van der Waals surface area (Å²) in [5.74, 6) is -0.723. The van der Waals surface area contributed by atoms with E-state index in [1.807, 2.05) is 18.2 Å². The van der Waals surface area contributed by atoms with Crippen LogP contribution < -0.4 is 10.5 Å². The van der Waals surface area contributed by atoms with E-state index in [-0.39, 0.29) is 12.2 Å². The van der Waals surface area contributed by atoms with Crippen molar-refractivity contribution in [2.75, 3.05) is 18.0 Å². The highest BCUT2D eigenvalue weighted by Crippen LogP contribution is 2.22. The minimum absolute atomic E-state index is 0.00194. The summed E-state index contributed by atoms with van der Waals surface area (Å²) in [5, 5.41) is 0.672. The van der Waals surface area contributed by atoms with Gasteiger partial charge >= 0.3 is 11.6 Å². The van der Waals surface area contributed by atoms with Crippen LogP contribution in [0.25, 0.3) is 11.0 Å². The second kappa shape index (κ2) is 7.82. The van der Waals surface area contributed by atoms with Crippen LogP contribution in [0.2, 0.25) is 0 Å². The Morgan fingerprint density at radius 1 is 1.15 bits per heavy atom. The third-order valence-corrected chi connectivity index (χ3v) is 4.15. The lowest BCUT2D eigenvalue weighted by Gasteiger charge is -2.20. The second-order valence-corrected chi connectivity index (χ2v) is 5.74. The van der Waals surface area contributed by atoms with Crippen molar-refractivity contribution in [1.29, 1.82) is 0 Å². The largest absolute Gasteiger partial charge is 0.455 e. The minimum atomic E-state index is -0.723. The summed E-state index contributed by atoms with van der Waals surface area (Å²) in [7, 11) is 0. The van der Waals surface area contributed by atoms with E-state index >= 15 is 0 Å². The van der Waals surface area contributed by atoms with Gasteiger partial charge in [-0.2, -0.15) is 0 Å². The van der Waals surface area contributed by atoms with Crippen LogP contribution in [0.15, 0.2) is 57.9 Å². The number of carbonyl (C=O) groups excluding carboxylic acids is 1. The van der Waals surface area contributed by atoms with Gasteiger partial charge in [-0.15, -0.1) is 0 Å². The quantitative estimate of drug-likeness (QED) is 0.500. The van der Waals surface area contributed by atoms with Crippen LogP contribution >= 0.6 is 0 Å². The van der Waals surface area contributed by atoms with Gasteiger partial charge in [0.15, 0.2) is 0 Å². The van der Waals surface area contributed by atoms with Crippen LogP contribution in [0.3, 0.4) is 0 Å². The molecule has 0 aliphatic heterocycles. The number of carbonyl (C=O) groups is 1. The van der Waals surface area contributed by atoms with Gasteiger partial charge in [-0.05, 0) is 44.2 Å². The number of esters is 1. The predicted molar refractivity (Wildman–Crippen MR) is 99.4 cm³/mol. The number of benzene rings is 1. The lowest BCUT2D eigenvalue weighted by atomic mass is 10.1. The van der Waals surface area contributed by atoms with Gasteiger partial charge in [0.1, 0.15) is 17.8 Å². The number of hydrogen-bond donors (Lipinski definition) is 0.